The third-order valence-corrected chi connectivity index (χ3v) is 5.88. The molecule has 0 saturated carbocycles. The second kappa shape index (κ2) is 9.21. The molecule has 8 nitrogen and oxygen atoms in total. The SMILES string of the molecule is N#Cc1cnn(-c2ccccc2)c1NC(=O)CSc1nnc(Nc2ccccc2)s1. The largest absolute Gasteiger partial charge is 0.330 e. The Hall–Kier alpha value is -3.68. The van der Waals surface area contributed by atoms with Gasteiger partial charge < -0.3 is 10.6 Å². The summed E-state index contributed by atoms with van der Waals surface area (Å²) in [4.78, 5) is 12.5. The predicted molar refractivity (Wildman–Crippen MR) is 117 cm³/mol. The molecule has 148 valence electrons. The van der Waals surface area contributed by atoms with Gasteiger partial charge in [-0.05, 0) is 24.3 Å². The lowest BCUT2D eigenvalue weighted by atomic mass is 10.3. The summed E-state index contributed by atoms with van der Waals surface area (Å²) in [5, 5.41) is 28.4. The van der Waals surface area contributed by atoms with E-state index in [0.29, 0.717) is 20.9 Å². The van der Waals surface area contributed by atoms with E-state index in [1.54, 1.807) is 0 Å². The van der Waals surface area contributed by atoms with E-state index >= 15 is 0 Å². The smallest absolute Gasteiger partial charge is 0.236 e. The molecule has 0 aliphatic carbocycles. The monoisotopic (exact) mass is 433 g/mol. The van der Waals surface area contributed by atoms with Gasteiger partial charge in [0.05, 0.1) is 17.6 Å². The summed E-state index contributed by atoms with van der Waals surface area (Å²) in [6.45, 7) is 0. The van der Waals surface area contributed by atoms with E-state index in [-0.39, 0.29) is 11.7 Å². The molecule has 0 saturated heterocycles. The number of amides is 1. The second-order valence-electron chi connectivity index (χ2n) is 5.97. The third kappa shape index (κ3) is 4.65. The molecule has 0 bridgehead atoms. The van der Waals surface area contributed by atoms with Crippen molar-refractivity contribution in [3.05, 3.63) is 72.4 Å². The molecule has 0 spiro atoms. The highest BCUT2D eigenvalue weighted by molar-refractivity contribution is 8.01. The van der Waals surface area contributed by atoms with Gasteiger partial charge in [0.15, 0.2) is 10.2 Å². The Bertz CT molecular complexity index is 1180. The number of thioether (sulfide) groups is 1. The number of anilines is 3. The third-order valence-electron chi connectivity index (χ3n) is 3.91. The first kappa shape index (κ1) is 19.6. The number of benzene rings is 2. The number of hydrogen-bond donors (Lipinski definition) is 2. The van der Waals surface area contributed by atoms with Crippen LogP contribution in [0.2, 0.25) is 0 Å². The highest BCUT2D eigenvalue weighted by Gasteiger charge is 2.16. The molecule has 0 unspecified atom stereocenters. The first-order valence-corrected chi connectivity index (χ1v) is 10.6. The van der Waals surface area contributed by atoms with Crippen LogP contribution < -0.4 is 10.6 Å². The van der Waals surface area contributed by atoms with E-state index in [4.69, 9.17) is 0 Å². The first-order valence-electron chi connectivity index (χ1n) is 8.85. The average Bonchev–Trinajstić information content (AvgIpc) is 3.40. The molecule has 30 heavy (non-hydrogen) atoms. The number of hydrogen-bond acceptors (Lipinski definition) is 8. The lowest BCUT2D eigenvalue weighted by Gasteiger charge is -2.09. The van der Waals surface area contributed by atoms with Gasteiger partial charge in [0.2, 0.25) is 11.0 Å². The topological polar surface area (TPSA) is 109 Å². The molecule has 1 amide bonds. The number of carbonyl (C=O) groups excluding carboxylic acids is 1. The lowest BCUT2D eigenvalue weighted by molar-refractivity contribution is -0.113. The molecule has 0 fully saturated rings. The molecule has 2 aromatic carbocycles. The maximum absolute atomic E-state index is 12.5. The number of nitriles is 1. The molecule has 0 aliphatic rings. The fourth-order valence-electron chi connectivity index (χ4n) is 2.57. The van der Waals surface area contributed by atoms with Crippen LogP contribution in [-0.4, -0.2) is 31.6 Å². The van der Waals surface area contributed by atoms with Crippen molar-refractivity contribution in [2.75, 3.05) is 16.4 Å². The number of nitrogens with one attached hydrogen (secondary N) is 2. The van der Waals surface area contributed by atoms with Gasteiger partial charge in [0.25, 0.3) is 0 Å². The molecule has 4 aromatic rings. The molecule has 2 aromatic heterocycles. The highest BCUT2D eigenvalue weighted by atomic mass is 32.2. The van der Waals surface area contributed by atoms with E-state index in [9.17, 15) is 10.1 Å². The van der Waals surface area contributed by atoms with E-state index in [2.05, 4.69) is 32.0 Å². The summed E-state index contributed by atoms with van der Waals surface area (Å²) >= 11 is 2.64. The van der Waals surface area contributed by atoms with Gasteiger partial charge in [-0.15, -0.1) is 10.2 Å². The standard InChI is InChI=1S/C20H15N7OS2/c21-11-14-12-22-27(16-9-5-2-6-10-16)18(14)24-17(28)13-29-20-26-25-19(30-20)23-15-7-3-1-4-8-15/h1-10,12H,13H2,(H,23,25)(H,24,28). The van der Waals surface area contributed by atoms with Gasteiger partial charge in [0, 0.05) is 5.69 Å². The van der Waals surface area contributed by atoms with E-state index < -0.39 is 0 Å². The highest BCUT2D eigenvalue weighted by Crippen LogP contribution is 2.28. The molecule has 2 heterocycles. The normalized spacial score (nSPS) is 10.4. The summed E-state index contributed by atoms with van der Waals surface area (Å²) in [5.41, 5.74) is 1.96. The Morgan fingerprint density at radius 3 is 2.57 bits per heavy atom. The predicted octanol–water partition coefficient (Wildman–Crippen LogP) is 4.07. The summed E-state index contributed by atoms with van der Waals surface area (Å²) in [6, 6.07) is 21.0. The van der Waals surface area contributed by atoms with Crippen LogP contribution in [0.4, 0.5) is 16.6 Å². The Balaban J connectivity index is 1.39. The Labute approximate surface area is 180 Å². The Morgan fingerprint density at radius 2 is 1.83 bits per heavy atom. The fraction of sp³-hybridized carbons (Fsp3) is 0.0500. The lowest BCUT2D eigenvalue weighted by Crippen LogP contribution is -2.17. The number of para-hydroxylation sites is 2. The zero-order valence-corrected chi connectivity index (χ0v) is 17.2. The minimum atomic E-state index is -0.262. The van der Waals surface area contributed by atoms with Gasteiger partial charge in [-0.3, -0.25) is 4.79 Å². The van der Waals surface area contributed by atoms with Crippen LogP contribution in [-0.2, 0) is 4.79 Å². The van der Waals surface area contributed by atoms with Crippen LogP contribution >= 0.6 is 23.1 Å². The summed E-state index contributed by atoms with van der Waals surface area (Å²) in [6.07, 6.45) is 1.43. The minimum Gasteiger partial charge on any atom is -0.330 e. The minimum absolute atomic E-state index is 0.130. The fourth-order valence-corrected chi connectivity index (χ4v) is 4.15. The van der Waals surface area contributed by atoms with Crippen molar-refractivity contribution in [1.82, 2.24) is 20.0 Å². The average molecular weight is 434 g/mol. The van der Waals surface area contributed by atoms with Gasteiger partial charge in [-0.2, -0.15) is 10.4 Å². The van der Waals surface area contributed by atoms with E-state index in [1.165, 1.54) is 34.0 Å². The quantitative estimate of drug-likeness (QED) is 0.423. The second-order valence-corrected chi connectivity index (χ2v) is 8.17. The molecular weight excluding hydrogens is 418 g/mol. The van der Waals surface area contributed by atoms with Crippen molar-refractivity contribution in [2.24, 2.45) is 0 Å². The van der Waals surface area contributed by atoms with Crippen molar-refractivity contribution >= 4 is 45.6 Å². The summed E-state index contributed by atoms with van der Waals surface area (Å²) in [7, 11) is 0. The van der Waals surface area contributed by atoms with Gasteiger partial charge in [-0.25, -0.2) is 4.68 Å². The number of aromatic nitrogens is 4. The van der Waals surface area contributed by atoms with Gasteiger partial charge in [-0.1, -0.05) is 59.5 Å². The molecule has 0 aliphatic heterocycles. The number of nitrogens with zero attached hydrogens (tertiary/aromatic N) is 5. The Kier molecular flexibility index (Phi) is 6.03. The van der Waals surface area contributed by atoms with Crippen molar-refractivity contribution in [3.63, 3.8) is 0 Å². The summed E-state index contributed by atoms with van der Waals surface area (Å²) < 4.78 is 2.20. The van der Waals surface area contributed by atoms with Crippen LogP contribution in [0.15, 0.2) is 71.2 Å². The van der Waals surface area contributed by atoms with E-state index in [0.717, 1.165) is 11.4 Å². The molecule has 2 N–H and O–H groups in total. The molecule has 4 rings (SSSR count). The maximum atomic E-state index is 12.5. The van der Waals surface area contributed by atoms with Crippen LogP contribution in [0.3, 0.4) is 0 Å². The number of rotatable bonds is 7. The molecule has 0 radical (unpaired) electrons. The van der Waals surface area contributed by atoms with Crippen molar-refractivity contribution in [3.8, 4) is 11.8 Å². The van der Waals surface area contributed by atoms with Crippen LogP contribution in [0, 0.1) is 11.3 Å². The van der Waals surface area contributed by atoms with Crippen LogP contribution in [0.5, 0.6) is 0 Å². The van der Waals surface area contributed by atoms with Crippen LogP contribution in [0.25, 0.3) is 5.69 Å². The van der Waals surface area contributed by atoms with Crippen molar-refractivity contribution in [2.45, 2.75) is 4.34 Å². The van der Waals surface area contributed by atoms with Crippen LogP contribution in [0.1, 0.15) is 5.56 Å². The van der Waals surface area contributed by atoms with Gasteiger partial charge in [0.1, 0.15) is 11.6 Å². The van der Waals surface area contributed by atoms with Crippen molar-refractivity contribution in [1.29, 1.82) is 5.26 Å². The zero-order valence-electron chi connectivity index (χ0n) is 15.5. The zero-order chi connectivity index (χ0) is 20.8. The van der Waals surface area contributed by atoms with E-state index in [1.807, 2.05) is 60.7 Å². The number of carbonyl (C=O) groups is 1. The van der Waals surface area contributed by atoms with Crippen molar-refractivity contribution < 1.29 is 4.79 Å². The molecular formula is C20H15N7OS2. The summed E-state index contributed by atoms with van der Waals surface area (Å²) in [5.74, 6) is 0.213. The molecule has 10 heteroatoms. The Morgan fingerprint density at radius 1 is 1.10 bits per heavy atom. The first-order chi connectivity index (χ1) is 14.7. The molecule has 0 atom stereocenters. The maximum Gasteiger partial charge on any atom is 0.236 e. The van der Waals surface area contributed by atoms with Gasteiger partial charge >= 0.3 is 0 Å².